The number of nitrogens with one attached hydrogen (secondary N) is 2. The Balaban J connectivity index is 2.14. The maximum Gasteiger partial charge on any atom is 0.255 e. The van der Waals surface area contributed by atoms with Crippen molar-refractivity contribution in [3.05, 3.63) is 29.3 Å². The van der Waals surface area contributed by atoms with Crippen molar-refractivity contribution in [2.24, 2.45) is 0 Å². The van der Waals surface area contributed by atoms with E-state index in [2.05, 4.69) is 31.4 Å². The normalized spacial score (nSPS) is 11.5. The molecule has 0 spiro atoms. The minimum atomic E-state index is -0.0944. The molecular formula is C74H140N2O3. The Morgan fingerprint density at radius 2 is 0.494 bits per heavy atom. The van der Waals surface area contributed by atoms with Crippen molar-refractivity contribution in [1.29, 1.82) is 0 Å². The van der Waals surface area contributed by atoms with E-state index in [1.165, 1.54) is 347 Å². The molecule has 0 fully saturated rings. The number of benzene rings is 1. The van der Waals surface area contributed by atoms with Crippen LogP contribution in [0.1, 0.15) is 427 Å². The van der Waals surface area contributed by atoms with Gasteiger partial charge in [-0.05, 0) is 37.5 Å². The molecule has 79 heavy (non-hydrogen) atoms. The summed E-state index contributed by atoms with van der Waals surface area (Å²) in [5.41, 5.74) is 1.12. The lowest BCUT2D eigenvalue weighted by Crippen LogP contribution is -2.26. The quantitative estimate of drug-likeness (QED) is 0.0639. The molecule has 0 saturated heterocycles. The maximum atomic E-state index is 13.5. The lowest BCUT2D eigenvalue weighted by molar-refractivity contribution is 0.0937. The molecule has 1 aromatic carbocycles. The van der Waals surface area contributed by atoms with Crippen LogP contribution in [0.4, 0.5) is 0 Å². The molecule has 2 N–H and O–H groups in total. The second-order valence-corrected chi connectivity index (χ2v) is 25.2. The molecule has 0 atom stereocenters. The largest absolute Gasteiger partial charge is 0.493 e. The van der Waals surface area contributed by atoms with Crippen LogP contribution >= 0.6 is 0 Å². The van der Waals surface area contributed by atoms with Gasteiger partial charge in [0.1, 0.15) is 5.75 Å². The molecule has 1 rings (SSSR count). The summed E-state index contributed by atoms with van der Waals surface area (Å²) in [5, 5.41) is 6.32. The SMILES string of the molecule is CCCCCCCCCCCCCCCCCCCCCCCCCCCCNC(=O)c1ccc(C(=O)NCCCCCCCCCCCCCCCCCCCCCCCCCCCC)c(OCCCCCCCCCC)c1. The third kappa shape index (κ3) is 53.7. The first-order valence-electron chi connectivity index (χ1n) is 36.5. The van der Waals surface area contributed by atoms with Crippen molar-refractivity contribution in [1.82, 2.24) is 10.6 Å². The summed E-state index contributed by atoms with van der Waals surface area (Å²) >= 11 is 0. The number of amides is 2. The molecule has 464 valence electrons. The van der Waals surface area contributed by atoms with Gasteiger partial charge in [0.05, 0.1) is 12.2 Å². The minimum absolute atomic E-state index is 0.0750. The number of hydrogen-bond acceptors (Lipinski definition) is 3. The molecule has 0 aliphatic rings. The van der Waals surface area contributed by atoms with E-state index < -0.39 is 0 Å². The average molecular weight is 1110 g/mol. The van der Waals surface area contributed by atoms with Gasteiger partial charge in [-0.2, -0.15) is 0 Å². The predicted molar refractivity (Wildman–Crippen MR) is 351 cm³/mol. The Morgan fingerprint density at radius 3 is 0.747 bits per heavy atom. The molecule has 0 aliphatic heterocycles. The summed E-state index contributed by atoms with van der Waals surface area (Å²) in [4.78, 5) is 26.7. The van der Waals surface area contributed by atoms with E-state index in [0.29, 0.717) is 36.6 Å². The summed E-state index contributed by atoms with van der Waals surface area (Å²) in [6, 6.07) is 5.41. The highest BCUT2D eigenvalue weighted by Gasteiger charge is 2.16. The number of carbonyl (C=O) groups is 2. The van der Waals surface area contributed by atoms with E-state index >= 15 is 0 Å². The van der Waals surface area contributed by atoms with Gasteiger partial charge in [0.25, 0.3) is 11.8 Å². The van der Waals surface area contributed by atoms with Crippen LogP contribution in [0.15, 0.2) is 18.2 Å². The number of carbonyl (C=O) groups excluding carboxylic acids is 2. The smallest absolute Gasteiger partial charge is 0.255 e. The minimum Gasteiger partial charge on any atom is -0.493 e. The first-order chi connectivity index (χ1) is 39.1. The van der Waals surface area contributed by atoms with Crippen LogP contribution in [-0.2, 0) is 0 Å². The Hall–Kier alpha value is -2.04. The van der Waals surface area contributed by atoms with Gasteiger partial charge in [-0.15, -0.1) is 0 Å². The zero-order chi connectivity index (χ0) is 56.7. The van der Waals surface area contributed by atoms with E-state index in [4.69, 9.17) is 4.74 Å². The lowest BCUT2D eigenvalue weighted by Gasteiger charge is -2.14. The van der Waals surface area contributed by atoms with Crippen molar-refractivity contribution in [2.75, 3.05) is 19.7 Å². The van der Waals surface area contributed by atoms with Crippen LogP contribution in [-0.4, -0.2) is 31.5 Å². The Labute approximate surface area is 495 Å². The summed E-state index contributed by atoms with van der Waals surface area (Å²) in [6.07, 6.45) is 82.3. The molecule has 0 heterocycles. The second kappa shape index (κ2) is 63.5. The van der Waals surface area contributed by atoms with Gasteiger partial charge in [0, 0.05) is 18.7 Å². The predicted octanol–water partition coefficient (Wildman–Crippen LogP) is 25.0. The van der Waals surface area contributed by atoms with E-state index in [0.717, 1.165) is 38.5 Å². The van der Waals surface area contributed by atoms with Crippen molar-refractivity contribution in [3.63, 3.8) is 0 Å². The van der Waals surface area contributed by atoms with Crippen molar-refractivity contribution in [2.45, 2.75) is 406 Å². The highest BCUT2D eigenvalue weighted by atomic mass is 16.5. The molecular weight excluding hydrogens is 965 g/mol. The topological polar surface area (TPSA) is 67.4 Å². The monoisotopic (exact) mass is 1110 g/mol. The van der Waals surface area contributed by atoms with Gasteiger partial charge >= 0.3 is 0 Å². The number of rotatable bonds is 66. The lowest BCUT2D eigenvalue weighted by atomic mass is 10.0. The first-order valence-corrected chi connectivity index (χ1v) is 36.5. The standard InChI is InChI=1S/C74H140N2O3/c1-4-7-10-13-16-19-21-23-25-27-29-31-33-35-37-39-41-43-45-47-49-51-53-55-58-61-66-75-73(77)70-64-65-71(72(69-70)79-68-63-60-57-18-15-12-9-6-3)74(78)76-67-62-59-56-54-52-50-48-46-44-42-40-38-36-34-32-30-28-26-24-22-20-17-14-11-8-5-2/h64-65,69H,4-63,66-68H2,1-3H3,(H,75,77)(H,76,78). The third-order valence-corrected chi connectivity index (χ3v) is 17.4. The van der Waals surface area contributed by atoms with E-state index in [9.17, 15) is 9.59 Å². The molecule has 0 aromatic heterocycles. The van der Waals surface area contributed by atoms with Crippen molar-refractivity contribution >= 4 is 11.8 Å². The Kier molecular flexibility index (Phi) is 60.3. The van der Waals surface area contributed by atoms with Crippen molar-refractivity contribution in [3.8, 4) is 5.75 Å². The number of hydrogen-bond donors (Lipinski definition) is 2. The number of unbranched alkanes of at least 4 members (excludes halogenated alkanes) is 57. The summed E-state index contributed by atoms with van der Waals surface area (Å²) in [7, 11) is 0. The van der Waals surface area contributed by atoms with E-state index in [1.54, 1.807) is 18.2 Å². The maximum absolute atomic E-state index is 13.5. The molecule has 2 amide bonds. The summed E-state index contributed by atoms with van der Waals surface area (Å²) < 4.78 is 6.28. The van der Waals surface area contributed by atoms with Crippen LogP contribution in [0.5, 0.6) is 5.75 Å². The van der Waals surface area contributed by atoms with Crippen molar-refractivity contribution < 1.29 is 14.3 Å². The van der Waals surface area contributed by atoms with Crippen LogP contribution in [0.25, 0.3) is 0 Å². The summed E-state index contributed by atoms with van der Waals surface area (Å²) in [5.74, 6) is 0.371. The zero-order valence-electron chi connectivity index (χ0n) is 54.0. The zero-order valence-corrected chi connectivity index (χ0v) is 54.0. The highest BCUT2D eigenvalue weighted by molar-refractivity contribution is 6.00. The second-order valence-electron chi connectivity index (χ2n) is 25.2. The highest BCUT2D eigenvalue weighted by Crippen LogP contribution is 2.23. The molecule has 5 nitrogen and oxygen atoms in total. The Morgan fingerprint density at radius 1 is 0.278 bits per heavy atom. The fourth-order valence-corrected chi connectivity index (χ4v) is 11.9. The molecule has 0 unspecified atom stereocenters. The Bertz CT molecular complexity index is 1380. The van der Waals surface area contributed by atoms with Gasteiger partial charge in [0.15, 0.2) is 0 Å². The summed E-state index contributed by atoms with van der Waals surface area (Å²) in [6.45, 7) is 8.81. The van der Waals surface area contributed by atoms with E-state index in [-0.39, 0.29) is 11.8 Å². The molecule has 5 heteroatoms. The molecule has 0 aliphatic carbocycles. The molecule has 0 bridgehead atoms. The van der Waals surface area contributed by atoms with Crippen LogP contribution in [0, 0.1) is 0 Å². The van der Waals surface area contributed by atoms with Gasteiger partial charge < -0.3 is 15.4 Å². The van der Waals surface area contributed by atoms with Crippen LogP contribution < -0.4 is 15.4 Å². The first kappa shape index (κ1) is 75.0. The van der Waals surface area contributed by atoms with Crippen LogP contribution in [0.3, 0.4) is 0 Å². The van der Waals surface area contributed by atoms with Crippen LogP contribution in [0.2, 0.25) is 0 Å². The molecule has 0 radical (unpaired) electrons. The number of ether oxygens (including phenoxy) is 1. The van der Waals surface area contributed by atoms with Gasteiger partial charge in [0.2, 0.25) is 0 Å². The fraction of sp³-hybridized carbons (Fsp3) is 0.892. The van der Waals surface area contributed by atoms with Gasteiger partial charge in [-0.3, -0.25) is 9.59 Å². The molecule has 1 aromatic rings. The van der Waals surface area contributed by atoms with Gasteiger partial charge in [-0.25, -0.2) is 0 Å². The fourth-order valence-electron chi connectivity index (χ4n) is 11.9. The third-order valence-electron chi connectivity index (χ3n) is 17.4. The molecule has 0 saturated carbocycles. The van der Waals surface area contributed by atoms with E-state index in [1.807, 2.05) is 0 Å². The van der Waals surface area contributed by atoms with Gasteiger partial charge in [-0.1, -0.05) is 387 Å². The average Bonchev–Trinajstić information content (AvgIpc) is 3.47.